The van der Waals surface area contributed by atoms with E-state index in [1.165, 1.54) is 6.07 Å². The summed E-state index contributed by atoms with van der Waals surface area (Å²) in [5.74, 6) is 6.21. The molecule has 0 atom stereocenters. The van der Waals surface area contributed by atoms with Gasteiger partial charge in [-0.05, 0) is 29.7 Å². The molecule has 3 nitrogen and oxygen atoms in total. The Kier molecular flexibility index (Phi) is 6.01. The predicted octanol–water partition coefficient (Wildman–Crippen LogP) is 4.96. The van der Waals surface area contributed by atoms with Crippen molar-refractivity contribution >= 4 is 39.9 Å². The first-order chi connectivity index (χ1) is 12.6. The molecule has 1 N–H and O–H groups in total. The fourth-order valence-corrected chi connectivity index (χ4v) is 2.82. The number of fused-ring (bicyclic) bond motifs is 1. The molecule has 0 bridgehead atoms. The highest BCUT2D eigenvalue weighted by atomic mass is 35.5. The smallest absolute Gasteiger partial charge is 0.253 e. The maximum Gasteiger partial charge on any atom is 0.253 e. The molecular weight excluding hydrogens is 369 g/mol. The molecule has 0 spiro atoms. The summed E-state index contributed by atoms with van der Waals surface area (Å²) in [6.45, 7) is 0.433. The van der Waals surface area contributed by atoms with E-state index >= 15 is 0 Å². The Morgan fingerprint density at radius 1 is 1.00 bits per heavy atom. The van der Waals surface area contributed by atoms with Crippen molar-refractivity contribution in [2.24, 2.45) is 0 Å². The standard InChI is InChI=1S/C21H15Cl2NO2/c22-16-10-11-19(23)18(14-16)21(25)24-12-3-4-13-26-20-9-5-7-15-6-1-2-8-17(15)20/h1-2,5-11,14H,12-13H2,(H,24,25). The van der Waals surface area contributed by atoms with Crippen LogP contribution in [0.2, 0.25) is 10.0 Å². The van der Waals surface area contributed by atoms with Crippen LogP contribution in [0.15, 0.2) is 60.7 Å². The molecule has 1 amide bonds. The third-order valence-corrected chi connectivity index (χ3v) is 4.25. The highest BCUT2D eigenvalue weighted by Gasteiger charge is 2.09. The van der Waals surface area contributed by atoms with E-state index in [4.69, 9.17) is 27.9 Å². The van der Waals surface area contributed by atoms with Crippen molar-refractivity contribution < 1.29 is 9.53 Å². The number of ether oxygens (including phenoxy) is 1. The first-order valence-electron chi connectivity index (χ1n) is 7.94. The van der Waals surface area contributed by atoms with Gasteiger partial charge in [-0.1, -0.05) is 71.4 Å². The minimum Gasteiger partial charge on any atom is -0.480 e. The lowest BCUT2D eigenvalue weighted by Crippen LogP contribution is -2.24. The molecule has 0 unspecified atom stereocenters. The molecule has 3 aromatic carbocycles. The lowest BCUT2D eigenvalue weighted by atomic mass is 10.1. The number of carbonyl (C=O) groups excluding carboxylic acids is 1. The largest absolute Gasteiger partial charge is 0.480 e. The molecule has 130 valence electrons. The Balaban J connectivity index is 1.53. The summed E-state index contributed by atoms with van der Waals surface area (Å²) in [4.78, 5) is 12.1. The number of carbonyl (C=O) groups is 1. The predicted molar refractivity (Wildman–Crippen MR) is 106 cm³/mol. The van der Waals surface area contributed by atoms with Crippen molar-refractivity contribution in [1.82, 2.24) is 5.32 Å². The van der Waals surface area contributed by atoms with Gasteiger partial charge in [0.15, 0.2) is 0 Å². The lowest BCUT2D eigenvalue weighted by Gasteiger charge is -2.06. The number of benzene rings is 3. The molecule has 0 saturated heterocycles. The zero-order chi connectivity index (χ0) is 18.4. The molecule has 0 heterocycles. The van der Waals surface area contributed by atoms with E-state index in [0.717, 1.165) is 16.5 Å². The average Bonchev–Trinajstić information content (AvgIpc) is 2.66. The van der Waals surface area contributed by atoms with Gasteiger partial charge in [0.25, 0.3) is 5.91 Å². The number of halogens is 2. The zero-order valence-electron chi connectivity index (χ0n) is 13.8. The molecule has 0 aliphatic heterocycles. The van der Waals surface area contributed by atoms with Crippen LogP contribution in [0.5, 0.6) is 5.75 Å². The monoisotopic (exact) mass is 383 g/mol. The van der Waals surface area contributed by atoms with Crippen LogP contribution in [-0.4, -0.2) is 19.1 Å². The van der Waals surface area contributed by atoms with Crippen LogP contribution in [0, 0.1) is 11.8 Å². The maximum atomic E-state index is 12.1. The second kappa shape index (κ2) is 8.62. The highest BCUT2D eigenvalue weighted by molar-refractivity contribution is 6.35. The summed E-state index contributed by atoms with van der Waals surface area (Å²) >= 11 is 11.9. The second-order valence-electron chi connectivity index (χ2n) is 5.43. The molecule has 3 rings (SSSR count). The molecule has 0 aliphatic rings. The number of amides is 1. The molecule has 26 heavy (non-hydrogen) atoms. The Hall–Kier alpha value is -2.67. The Morgan fingerprint density at radius 3 is 2.69 bits per heavy atom. The van der Waals surface area contributed by atoms with E-state index in [-0.39, 0.29) is 19.1 Å². The van der Waals surface area contributed by atoms with E-state index < -0.39 is 0 Å². The van der Waals surface area contributed by atoms with Crippen molar-refractivity contribution in [3.05, 3.63) is 76.3 Å². The molecule has 0 saturated carbocycles. The Bertz CT molecular complexity index is 1000. The average molecular weight is 384 g/mol. The number of rotatable bonds is 4. The van der Waals surface area contributed by atoms with E-state index in [1.54, 1.807) is 12.1 Å². The van der Waals surface area contributed by atoms with E-state index in [9.17, 15) is 4.79 Å². The Morgan fingerprint density at radius 2 is 1.81 bits per heavy atom. The second-order valence-corrected chi connectivity index (χ2v) is 6.27. The van der Waals surface area contributed by atoms with E-state index in [0.29, 0.717) is 15.6 Å². The van der Waals surface area contributed by atoms with Crippen LogP contribution >= 0.6 is 23.2 Å². The van der Waals surface area contributed by atoms with Gasteiger partial charge in [-0.3, -0.25) is 4.79 Å². The Labute approximate surface area is 161 Å². The van der Waals surface area contributed by atoms with Crippen molar-refractivity contribution in [2.45, 2.75) is 0 Å². The first kappa shape index (κ1) is 18.1. The van der Waals surface area contributed by atoms with Gasteiger partial charge in [0.1, 0.15) is 12.4 Å². The first-order valence-corrected chi connectivity index (χ1v) is 8.70. The molecule has 5 heteroatoms. The van der Waals surface area contributed by atoms with Crippen LogP contribution in [0.4, 0.5) is 0 Å². The van der Waals surface area contributed by atoms with Crippen LogP contribution in [0.3, 0.4) is 0 Å². The van der Waals surface area contributed by atoms with Gasteiger partial charge < -0.3 is 10.1 Å². The van der Waals surface area contributed by atoms with Gasteiger partial charge in [0.05, 0.1) is 17.1 Å². The minimum atomic E-state index is -0.318. The van der Waals surface area contributed by atoms with Gasteiger partial charge in [0.2, 0.25) is 0 Å². The minimum absolute atomic E-state index is 0.195. The normalized spacial score (nSPS) is 10.1. The summed E-state index contributed by atoms with van der Waals surface area (Å²) in [6.07, 6.45) is 0. The lowest BCUT2D eigenvalue weighted by molar-refractivity contribution is 0.0959. The van der Waals surface area contributed by atoms with Crippen LogP contribution in [-0.2, 0) is 0 Å². The van der Waals surface area contributed by atoms with Gasteiger partial charge in [0, 0.05) is 10.4 Å². The number of nitrogens with one attached hydrogen (secondary N) is 1. The fraction of sp³-hybridized carbons (Fsp3) is 0.0952. The van der Waals surface area contributed by atoms with Crippen LogP contribution in [0.1, 0.15) is 10.4 Å². The van der Waals surface area contributed by atoms with Crippen molar-refractivity contribution in [2.75, 3.05) is 13.2 Å². The van der Waals surface area contributed by atoms with Gasteiger partial charge in [-0.15, -0.1) is 0 Å². The quantitative estimate of drug-likeness (QED) is 0.646. The highest BCUT2D eigenvalue weighted by Crippen LogP contribution is 2.24. The third-order valence-electron chi connectivity index (χ3n) is 3.68. The van der Waals surface area contributed by atoms with E-state index in [2.05, 4.69) is 17.2 Å². The third kappa shape index (κ3) is 4.49. The van der Waals surface area contributed by atoms with Crippen molar-refractivity contribution in [3.8, 4) is 17.6 Å². The van der Waals surface area contributed by atoms with Gasteiger partial charge >= 0.3 is 0 Å². The molecule has 3 aromatic rings. The maximum absolute atomic E-state index is 12.1. The van der Waals surface area contributed by atoms with E-state index in [1.807, 2.05) is 42.5 Å². The summed E-state index contributed by atoms with van der Waals surface area (Å²) in [5.41, 5.74) is 0.327. The molecule has 0 radical (unpaired) electrons. The summed E-state index contributed by atoms with van der Waals surface area (Å²) in [7, 11) is 0. The zero-order valence-corrected chi connectivity index (χ0v) is 15.3. The van der Waals surface area contributed by atoms with Crippen molar-refractivity contribution in [1.29, 1.82) is 0 Å². The van der Waals surface area contributed by atoms with Gasteiger partial charge in [-0.2, -0.15) is 0 Å². The summed E-state index contributed by atoms with van der Waals surface area (Å²) in [6, 6.07) is 18.6. The number of hydrogen-bond donors (Lipinski definition) is 1. The van der Waals surface area contributed by atoms with Gasteiger partial charge in [-0.25, -0.2) is 0 Å². The van der Waals surface area contributed by atoms with Crippen LogP contribution in [0.25, 0.3) is 10.8 Å². The number of hydrogen-bond acceptors (Lipinski definition) is 2. The molecular formula is C21H15Cl2NO2. The fourth-order valence-electron chi connectivity index (χ4n) is 2.44. The molecule has 0 aromatic heterocycles. The van der Waals surface area contributed by atoms with Crippen LogP contribution < -0.4 is 10.1 Å². The molecule has 0 aliphatic carbocycles. The van der Waals surface area contributed by atoms with Crippen molar-refractivity contribution in [3.63, 3.8) is 0 Å². The summed E-state index contributed by atoms with van der Waals surface area (Å²) in [5, 5.41) is 5.64. The topological polar surface area (TPSA) is 38.3 Å². The molecule has 0 fully saturated rings. The SMILES string of the molecule is O=C(NCC#CCOc1cccc2ccccc12)c1cc(Cl)ccc1Cl. The summed E-state index contributed by atoms with van der Waals surface area (Å²) < 4.78 is 5.72.